The van der Waals surface area contributed by atoms with Crippen molar-refractivity contribution in [2.24, 2.45) is 0 Å². The number of morpholine rings is 1. The van der Waals surface area contributed by atoms with Crippen LogP contribution in [0.15, 0.2) is 66.9 Å². The minimum atomic E-state index is -0.139. The van der Waals surface area contributed by atoms with Crippen molar-refractivity contribution >= 4 is 22.8 Å². The first kappa shape index (κ1) is 19.3. The van der Waals surface area contributed by atoms with Crippen molar-refractivity contribution in [3.8, 4) is 11.1 Å². The molecular formula is C24H23N5O2. The molecule has 0 unspecified atom stereocenters. The van der Waals surface area contributed by atoms with Crippen LogP contribution in [0.5, 0.6) is 0 Å². The summed E-state index contributed by atoms with van der Waals surface area (Å²) in [5, 5.41) is 2.94. The topological polar surface area (TPSA) is 83.1 Å². The standard InChI is InChI=1S/C24H23N5O2/c30-24(26-16-22-27-20-6-1-2-7-21(20)28-22)18-5-3-4-17(14-18)19-8-9-23(25-15-19)29-10-12-31-13-11-29/h1-9,14-15H,10-13,16H2,(H,26,30)(H,27,28). The Morgan fingerprint density at radius 3 is 2.71 bits per heavy atom. The zero-order valence-electron chi connectivity index (χ0n) is 17.0. The smallest absolute Gasteiger partial charge is 0.251 e. The average Bonchev–Trinajstić information content (AvgIpc) is 3.26. The van der Waals surface area contributed by atoms with Gasteiger partial charge in [0.15, 0.2) is 0 Å². The van der Waals surface area contributed by atoms with E-state index in [2.05, 4.69) is 25.2 Å². The molecule has 0 atom stereocenters. The van der Waals surface area contributed by atoms with Crippen molar-refractivity contribution in [1.82, 2.24) is 20.3 Å². The van der Waals surface area contributed by atoms with Crippen LogP contribution in [-0.2, 0) is 11.3 Å². The van der Waals surface area contributed by atoms with Crippen LogP contribution in [0.3, 0.4) is 0 Å². The predicted molar refractivity (Wildman–Crippen MR) is 120 cm³/mol. The van der Waals surface area contributed by atoms with Crippen molar-refractivity contribution in [2.75, 3.05) is 31.2 Å². The molecule has 3 heterocycles. The summed E-state index contributed by atoms with van der Waals surface area (Å²) in [6.45, 7) is 3.51. The van der Waals surface area contributed by atoms with Gasteiger partial charge in [-0.25, -0.2) is 9.97 Å². The van der Waals surface area contributed by atoms with Crippen molar-refractivity contribution in [2.45, 2.75) is 6.54 Å². The molecule has 4 aromatic rings. The molecular weight excluding hydrogens is 390 g/mol. The van der Waals surface area contributed by atoms with E-state index in [1.165, 1.54) is 0 Å². The Balaban J connectivity index is 1.27. The first-order valence-corrected chi connectivity index (χ1v) is 10.4. The number of hydrogen-bond donors (Lipinski definition) is 2. The molecule has 1 fully saturated rings. The van der Waals surface area contributed by atoms with E-state index in [0.717, 1.165) is 60.1 Å². The second-order valence-corrected chi connectivity index (χ2v) is 7.47. The second-order valence-electron chi connectivity index (χ2n) is 7.47. The molecule has 1 saturated heterocycles. The van der Waals surface area contributed by atoms with E-state index >= 15 is 0 Å². The molecule has 1 aliphatic rings. The second kappa shape index (κ2) is 8.57. The van der Waals surface area contributed by atoms with E-state index in [0.29, 0.717) is 12.1 Å². The Morgan fingerprint density at radius 2 is 1.90 bits per heavy atom. The van der Waals surface area contributed by atoms with Crippen LogP contribution in [0, 0.1) is 0 Å². The lowest BCUT2D eigenvalue weighted by Crippen LogP contribution is -2.36. The number of pyridine rings is 1. The number of anilines is 1. The molecule has 5 rings (SSSR count). The number of aromatic nitrogens is 3. The van der Waals surface area contributed by atoms with Gasteiger partial charge in [-0.05, 0) is 42.0 Å². The number of hydrogen-bond acceptors (Lipinski definition) is 5. The highest BCUT2D eigenvalue weighted by Crippen LogP contribution is 2.22. The van der Waals surface area contributed by atoms with Gasteiger partial charge in [0.25, 0.3) is 5.91 Å². The normalized spacial score (nSPS) is 14.0. The molecule has 1 amide bonds. The van der Waals surface area contributed by atoms with Crippen LogP contribution in [0.4, 0.5) is 5.82 Å². The first-order chi connectivity index (χ1) is 15.3. The lowest BCUT2D eigenvalue weighted by atomic mass is 10.0. The fraction of sp³-hybridized carbons (Fsp3) is 0.208. The van der Waals surface area contributed by atoms with Gasteiger partial charge in [-0.15, -0.1) is 0 Å². The minimum Gasteiger partial charge on any atom is -0.378 e. The number of aromatic amines is 1. The molecule has 2 N–H and O–H groups in total. The van der Waals surface area contributed by atoms with E-state index in [1.54, 1.807) is 0 Å². The van der Waals surface area contributed by atoms with Crippen LogP contribution in [0.1, 0.15) is 16.2 Å². The number of H-pyrrole nitrogens is 1. The summed E-state index contributed by atoms with van der Waals surface area (Å²) in [5.74, 6) is 1.54. The van der Waals surface area contributed by atoms with Gasteiger partial charge >= 0.3 is 0 Å². The maximum absolute atomic E-state index is 12.7. The Kier molecular flexibility index (Phi) is 5.33. The summed E-state index contributed by atoms with van der Waals surface area (Å²) in [7, 11) is 0. The number of para-hydroxylation sites is 2. The molecule has 7 heteroatoms. The Bertz CT molecular complexity index is 1160. The molecule has 0 radical (unpaired) electrons. The maximum Gasteiger partial charge on any atom is 0.251 e. The van der Waals surface area contributed by atoms with Gasteiger partial charge < -0.3 is 19.9 Å². The zero-order chi connectivity index (χ0) is 21.0. The molecule has 2 aromatic carbocycles. The number of rotatable bonds is 5. The monoisotopic (exact) mass is 413 g/mol. The Labute approximate surface area is 180 Å². The number of nitrogens with one attached hydrogen (secondary N) is 2. The molecule has 0 spiro atoms. The number of fused-ring (bicyclic) bond motifs is 1. The summed E-state index contributed by atoms with van der Waals surface area (Å²) in [5.41, 5.74) is 4.38. The fourth-order valence-electron chi connectivity index (χ4n) is 3.73. The van der Waals surface area contributed by atoms with E-state index in [1.807, 2.05) is 66.9 Å². The summed E-state index contributed by atoms with van der Waals surface area (Å²) in [4.78, 5) is 27.2. The minimum absolute atomic E-state index is 0.139. The van der Waals surface area contributed by atoms with E-state index in [-0.39, 0.29) is 5.91 Å². The third-order valence-electron chi connectivity index (χ3n) is 5.40. The largest absolute Gasteiger partial charge is 0.378 e. The van der Waals surface area contributed by atoms with E-state index < -0.39 is 0 Å². The Hall–Kier alpha value is -3.71. The highest BCUT2D eigenvalue weighted by atomic mass is 16.5. The van der Waals surface area contributed by atoms with Crippen molar-refractivity contribution in [3.05, 3.63) is 78.2 Å². The highest BCUT2D eigenvalue weighted by molar-refractivity contribution is 5.95. The number of nitrogens with zero attached hydrogens (tertiary/aromatic N) is 3. The van der Waals surface area contributed by atoms with Gasteiger partial charge in [-0.1, -0.05) is 24.3 Å². The Morgan fingerprint density at radius 1 is 1.03 bits per heavy atom. The molecule has 0 aliphatic carbocycles. The first-order valence-electron chi connectivity index (χ1n) is 10.4. The fourth-order valence-corrected chi connectivity index (χ4v) is 3.73. The van der Waals surface area contributed by atoms with Gasteiger partial charge in [0, 0.05) is 30.4 Å². The van der Waals surface area contributed by atoms with Gasteiger partial charge in [0.2, 0.25) is 0 Å². The third kappa shape index (κ3) is 4.27. The summed E-state index contributed by atoms with van der Waals surface area (Å²) in [6, 6.07) is 19.5. The molecule has 156 valence electrons. The SMILES string of the molecule is O=C(NCc1nc2ccccc2[nH]1)c1cccc(-c2ccc(N3CCOCC3)nc2)c1. The number of amides is 1. The molecule has 0 bridgehead atoms. The molecule has 2 aromatic heterocycles. The number of benzene rings is 2. The number of ether oxygens (including phenoxy) is 1. The van der Waals surface area contributed by atoms with Crippen molar-refractivity contribution in [1.29, 1.82) is 0 Å². The third-order valence-corrected chi connectivity index (χ3v) is 5.40. The molecule has 7 nitrogen and oxygen atoms in total. The quantitative estimate of drug-likeness (QED) is 0.524. The van der Waals surface area contributed by atoms with Crippen LogP contribution < -0.4 is 10.2 Å². The number of carbonyl (C=O) groups excluding carboxylic acids is 1. The van der Waals surface area contributed by atoms with Crippen molar-refractivity contribution in [3.63, 3.8) is 0 Å². The van der Waals surface area contributed by atoms with Crippen LogP contribution in [-0.4, -0.2) is 47.2 Å². The summed E-state index contributed by atoms with van der Waals surface area (Å²) in [6.07, 6.45) is 1.86. The van der Waals surface area contributed by atoms with Gasteiger partial charge in [0.1, 0.15) is 11.6 Å². The molecule has 1 aliphatic heterocycles. The van der Waals surface area contributed by atoms with Gasteiger partial charge in [-0.2, -0.15) is 0 Å². The maximum atomic E-state index is 12.7. The van der Waals surface area contributed by atoms with Crippen LogP contribution in [0.2, 0.25) is 0 Å². The van der Waals surface area contributed by atoms with Crippen molar-refractivity contribution < 1.29 is 9.53 Å². The summed E-state index contributed by atoms with van der Waals surface area (Å²) >= 11 is 0. The average molecular weight is 413 g/mol. The van der Waals surface area contributed by atoms with E-state index in [4.69, 9.17) is 4.74 Å². The zero-order valence-corrected chi connectivity index (χ0v) is 17.0. The lowest BCUT2D eigenvalue weighted by Gasteiger charge is -2.27. The highest BCUT2D eigenvalue weighted by Gasteiger charge is 2.13. The number of imidazole rings is 1. The van der Waals surface area contributed by atoms with Gasteiger partial charge in [-0.3, -0.25) is 4.79 Å². The van der Waals surface area contributed by atoms with E-state index in [9.17, 15) is 4.79 Å². The summed E-state index contributed by atoms with van der Waals surface area (Å²) < 4.78 is 5.40. The number of carbonyl (C=O) groups is 1. The lowest BCUT2D eigenvalue weighted by molar-refractivity contribution is 0.0950. The molecule has 0 saturated carbocycles. The predicted octanol–water partition coefficient (Wildman–Crippen LogP) is 3.39. The van der Waals surface area contributed by atoms with Crippen LogP contribution in [0.25, 0.3) is 22.2 Å². The van der Waals surface area contributed by atoms with Gasteiger partial charge in [0.05, 0.1) is 30.8 Å². The molecule has 31 heavy (non-hydrogen) atoms. The van der Waals surface area contributed by atoms with Crippen LogP contribution >= 0.6 is 0 Å².